The van der Waals surface area contributed by atoms with E-state index in [4.69, 9.17) is 0 Å². The summed E-state index contributed by atoms with van der Waals surface area (Å²) in [5.74, 6) is -0.00394. The van der Waals surface area contributed by atoms with Crippen molar-refractivity contribution in [3.8, 4) is 0 Å². The molecule has 1 heterocycles. The summed E-state index contributed by atoms with van der Waals surface area (Å²) >= 11 is 0. The lowest BCUT2D eigenvalue weighted by atomic mass is 9.67. The Kier molecular flexibility index (Phi) is 3.16. The van der Waals surface area contributed by atoms with Gasteiger partial charge in [-0.1, -0.05) is 19.3 Å². The van der Waals surface area contributed by atoms with Crippen LogP contribution in [0.25, 0.3) is 0 Å². The van der Waals surface area contributed by atoms with Gasteiger partial charge in [0, 0.05) is 24.8 Å². The van der Waals surface area contributed by atoms with Gasteiger partial charge < -0.3 is 5.11 Å². The molecular weight excluding hydrogens is 242 g/mol. The van der Waals surface area contributed by atoms with Crippen LogP contribution in [0.5, 0.6) is 0 Å². The van der Waals surface area contributed by atoms with Crippen LogP contribution in [-0.2, 0) is 9.59 Å². The minimum absolute atomic E-state index is 0.00197. The lowest BCUT2D eigenvalue weighted by Gasteiger charge is -2.43. The molecule has 0 aromatic heterocycles. The van der Waals surface area contributed by atoms with Gasteiger partial charge in [0.25, 0.3) is 0 Å². The van der Waals surface area contributed by atoms with Gasteiger partial charge in [-0.2, -0.15) is 0 Å². The number of carbonyl (C=O) groups is 2. The maximum absolute atomic E-state index is 12.3. The first-order chi connectivity index (χ1) is 9.08. The second-order valence-electron chi connectivity index (χ2n) is 6.95. The molecule has 0 bridgehead atoms. The second kappa shape index (κ2) is 4.58. The summed E-state index contributed by atoms with van der Waals surface area (Å²) in [6.07, 6.45) is 8.56. The van der Waals surface area contributed by atoms with E-state index in [-0.39, 0.29) is 29.3 Å². The maximum atomic E-state index is 12.3. The number of piperidine rings is 1. The number of rotatable bonds is 3. The normalized spacial score (nSPS) is 28.8. The van der Waals surface area contributed by atoms with Crippen molar-refractivity contribution in [3.05, 3.63) is 0 Å². The number of amides is 2. The zero-order valence-electron chi connectivity index (χ0n) is 11.5. The zero-order valence-corrected chi connectivity index (χ0v) is 11.5. The van der Waals surface area contributed by atoms with Crippen molar-refractivity contribution in [2.75, 3.05) is 13.2 Å². The van der Waals surface area contributed by atoms with E-state index in [0.717, 1.165) is 38.5 Å². The van der Waals surface area contributed by atoms with Crippen LogP contribution in [0.1, 0.15) is 57.8 Å². The molecule has 0 aromatic carbocycles. The van der Waals surface area contributed by atoms with Crippen molar-refractivity contribution in [3.63, 3.8) is 0 Å². The lowest BCUT2D eigenvalue weighted by molar-refractivity contribution is -0.156. The van der Waals surface area contributed by atoms with Crippen LogP contribution >= 0.6 is 0 Å². The Labute approximate surface area is 114 Å². The predicted molar refractivity (Wildman–Crippen MR) is 70.2 cm³/mol. The quantitative estimate of drug-likeness (QED) is 0.792. The third kappa shape index (κ3) is 2.42. The molecule has 4 heteroatoms. The molecule has 2 saturated carbocycles. The maximum Gasteiger partial charge on any atom is 0.229 e. The summed E-state index contributed by atoms with van der Waals surface area (Å²) in [6.45, 7) is 0.534. The van der Waals surface area contributed by atoms with Gasteiger partial charge >= 0.3 is 0 Å². The fourth-order valence-corrected chi connectivity index (χ4v) is 3.74. The summed E-state index contributed by atoms with van der Waals surface area (Å²) in [5.41, 5.74) is -0.193. The number of hydrogen-bond donors (Lipinski definition) is 1. The number of likely N-dealkylation sites (tertiary alicyclic amines) is 1. The van der Waals surface area contributed by atoms with Crippen LogP contribution in [0.15, 0.2) is 0 Å². The third-order valence-corrected chi connectivity index (χ3v) is 5.35. The molecule has 0 aromatic rings. The first kappa shape index (κ1) is 13.1. The fourth-order valence-electron chi connectivity index (χ4n) is 3.74. The number of aliphatic hydroxyl groups is 1. The minimum Gasteiger partial charge on any atom is -0.396 e. The highest BCUT2D eigenvalue weighted by molar-refractivity contribution is 5.98. The second-order valence-corrected chi connectivity index (χ2v) is 6.95. The number of hydrogen-bond acceptors (Lipinski definition) is 3. The molecule has 2 amide bonds. The number of nitrogens with zero attached hydrogens (tertiary/aromatic N) is 1. The van der Waals surface area contributed by atoms with Gasteiger partial charge in [0.05, 0.1) is 6.61 Å². The Balaban J connectivity index is 1.69. The van der Waals surface area contributed by atoms with Crippen molar-refractivity contribution in [2.45, 2.75) is 57.8 Å². The van der Waals surface area contributed by atoms with E-state index in [1.54, 1.807) is 0 Å². The fraction of sp³-hybridized carbons (Fsp3) is 0.867. The molecule has 1 aliphatic heterocycles. The summed E-state index contributed by atoms with van der Waals surface area (Å²) in [7, 11) is 0. The highest BCUT2D eigenvalue weighted by Crippen LogP contribution is 2.49. The number of carbonyl (C=O) groups excluding carboxylic acids is 2. The molecule has 1 N–H and O–H groups in total. The van der Waals surface area contributed by atoms with Crippen molar-refractivity contribution >= 4 is 11.8 Å². The number of aliphatic hydroxyl groups excluding tert-OH is 1. The van der Waals surface area contributed by atoms with Crippen LogP contribution in [0.4, 0.5) is 0 Å². The lowest BCUT2D eigenvalue weighted by Crippen LogP contribution is -2.50. The minimum atomic E-state index is -0.164. The molecule has 19 heavy (non-hydrogen) atoms. The molecule has 4 nitrogen and oxygen atoms in total. The summed E-state index contributed by atoms with van der Waals surface area (Å²) in [6, 6.07) is 0. The summed E-state index contributed by atoms with van der Waals surface area (Å²) in [5, 5.41) is 9.35. The Morgan fingerprint density at radius 1 is 0.947 bits per heavy atom. The third-order valence-electron chi connectivity index (χ3n) is 5.35. The standard InChI is InChI=1S/C15H23NO3/c17-11-15(6-7-15)10-16-12(18)8-14(9-13(16)19)4-2-1-3-5-14/h17H,1-11H2. The van der Waals surface area contributed by atoms with Gasteiger partial charge in [0.15, 0.2) is 0 Å². The average Bonchev–Trinajstić information content (AvgIpc) is 3.16. The van der Waals surface area contributed by atoms with Gasteiger partial charge in [0.1, 0.15) is 0 Å². The molecular formula is C15H23NO3. The van der Waals surface area contributed by atoms with E-state index in [1.165, 1.54) is 11.3 Å². The Bertz CT molecular complexity index is 374. The first-order valence-electron chi connectivity index (χ1n) is 7.52. The molecule has 2 aliphatic carbocycles. The van der Waals surface area contributed by atoms with Crippen molar-refractivity contribution in [2.24, 2.45) is 10.8 Å². The highest BCUT2D eigenvalue weighted by Gasteiger charge is 2.49. The number of imide groups is 1. The van der Waals surface area contributed by atoms with E-state index in [0.29, 0.717) is 19.4 Å². The van der Waals surface area contributed by atoms with Crippen LogP contribution in [-0.4, -0.2) is 35.0 Å². The first-order valence-corrected chi connectivity index (χ1v) is 7.52. The molecule has 1 saturated heterocycles. The predicted octanol–water partition coefficient (Wildman–Crippen LogP) is 1.86. The van der Waals surface area contributed by atoms with Crippen LogP contribution in [0.2, 0.25) is 0 Å². The molecule has 106 valence electrons. The Hall–Kier alpha value is -0.900. The SMILES string of the molecule is O=C1CC2(CCCCC2)CC(=O)N1CC1(CO)CC1. The largest absolute Gasteiger partial charge is 0.396 e. The highest BCUT2D eigenvalue weighted by atomic mass is 16.3. The van der Waals surface area contributed by atoms with E-state index in [9.17, 15) is 14.7 Å². The van der Waals surface area contributed by atoms with E-state index < -0.39 is 0 Å². The van der Waals surface area contributed by atoms with Gasteiger partial charge in [-0.25, -0.2) is 0 Å². The topological polar surface area (TPSA) is 57.6 Å². The van der Waals surface area contributed by atoms with Crippen LogP contribution in [0.3, 0.4) is 0 Å². The van der Waals surface area contributed by atoms with Crippen molar-refractivity contribution in [1.82, 2.24) is 4.90 Å². The van der Waals surface area contributed by atoms with Crippen LogP contribution in [0, 0.1) is 10.8 Å². The summed E-state index contributed by atoms with van der Waals surface area (Å²) < 4.78 is 0. The zero-order chi connectivity index (χ0) is 13.5. The molecule has 3 fully saturated rings. The monoisotopic (exact) mass is 265 g/mol. The molecule has 1 spiro atoms. The Morgan fingerprint density at radius 2 is 1.53 bits per heavy atom. The van der Waals surface area contributed by atoms with E-state index in [2.05, 4.69) is 0 Å². The van der Waals surface area contributed by atoms with Gasteiger partial charge in [0.2, 0.25) is 11.8 Å². The van der Waals surface area contributed by atoms with E-state index >= 15 is 0 Å². The van der Waals surface area contributed by atoms with Crippen molar-refractivity contribution in [1.29, 1.82) is 0 Å². The van der Waals surface area contributed by atoms with Gasteiger partial charge in [-0.3, -0.25) is 14.5 Å². The summed E-state index contributed by atoms with van der Waals surface area (Å²) in [4.78, 5) is 26.1. The molecule has 0 unspecified atom stereocenters. The van der Waals surface area contributed by atoms with Gasteiger partial charge in [-0.05, 0) is 31.1 Å². The van der Waals surface area contributed by atoms with Crippen molar-refractivity contribution < 1.29 is 14.7 Å². The Morgan fingerprint density at radius 3 is 2.00 bits per heavy atom. The molecule has 0 radical (unpaired) electrons. The molecule has 3 aliphatic rings. The van der Waals surface area contributed by atoms with Gasteiger partial charge in [-0.15, -0.1) is 0 Å². The molecule has 0 atom stereocenters. The van der Waals surface area contributed by atoms with E-state index in [1.807, 2.05) is 0 Å². The smallest absolute Gasteiger partial charge is 0.229 e. The molecule has 3 rings (SSSR count). The average molecular weight is 265 g/mol. The van der Waals surface area contributed by atoms with Crippen LogP contribution < -0.4 is 0 Å².